The summed E-state index contributed by atoms with van der Waals surface area (Å²) in [6.45, 7) is -0.257. The minimum atomic E-state index is -3.23. The molecular formula is C23H21ClF2N6O. The van der Waals surface area contributed by atoms with Gasteiger partial charge in [-0.3, -0.25) is 9.78 Å². The van der Waals surface area contributed by atoms with E-state index in [0.717, 1.165) is 11.1 Å². The van der Waals surface area contributed by atoms with E-state index < -0.39 is 18.4 Å². The van der Waals surface area contributed by atoms with Gasteiger partial charge in [-0.1, -0.05) is 23.7 Å². The third-order valence-corrected chi connectivity index (χ3v) is 5.05. The summed E-state index contributed by atoms with van der Waals surface area (Å²) in [5.41, 5.74) is 7.31. The Balaban J connectivity index is 1.66. The first-order valence-electron chi connectivity index (χ1n) is 9.99. The van der Waals surface area contributed by atoms with Crippen molar-refractivity contribution in [2.45, 2.75) is 25.4 Å². The molecule has 1 aromatic carbocycles. The molecule has 0 unspecified atom stereocenters. The smallest absolute Gasteiger partial charge is 0.306 e. The van der Waals surface area contributed by atoms with E-state index in [1.165, 1.54) is 30.5 Å². The van der Waals surface area contributed by atoms with Gasteiger partial charge < -0.3 is 16.4 Å². The van der Waals surface area contributed by atoms with Crippen LogP contribution in [-0.4, -0.2) is 22.4 Å². The molecule has 0 aliphatic heterocycles. The number of rotatable bonds is 9. The maximum atomic E-state index is 14.4. The fourth-order valence-electron chi connectivity index (χ4n) is 3.07. The molecule has 0 fully saturated rings. The van der Waals surface area contributed by atoms with Crippen LogP contribution in [0.3, 0.4) is 0 Å². The van der Waals surface area contributed by atoms with Gasteiger partial charge >= 0.3 is 5.92 Å². The van der Waals surface area contributed by atoms with Crippen LogP contribution in [-0.2, 0) is 30.2 Å². The molecule has 4 N–H and O–H groups in total. The second-order valence-electron chi connectivity index (χ2n) is 7.15. The van der Waals surface area contributed by atoms with Crippen LogP contribution in [0.4, 0.5) is 14.6 Å². The van der Waals surface area contributed by atoms with Gasteiger partial charge in [0.2, 0.25) is 5.91 Å². The highest BCUT2D eigenvalue weighted by Crippen LogP contribution is 2.26. The van der Waals surface area contributed by atoms with Gasteiger partial charge in [0, 0.05) is 24.3 Å². The molecule has 2 aromatic heterocycles. The summed E-state index contributed by atoms with van der Waals surface area (Å²) in [5.74, 6) is -3.50. The molecule has 0 aliphatic rings. The molecule has 0 bridgehead atoms. The monoisotopic (exact) mass is 470 g/mol. The minimum absolute atomic E-state index is 0.118. The number of nitriles is 1. The molecule has 0 spiro atoms. The van der Waals surface area contributed by atoms with Gasteiger partial charge in [0.25, 0.3) is 0 Å². The predicted octanol–water partition coefficient (Wildman–Crippen LogP) is 3.52. The number of anilines is 1. The maximum absolute atomic E-state index is 14.4. The number of nitrogens with zero attached hydrogens (tertiary/aromatic N) is 3. The molecule has 2 heterocycles. The molecule has 0 radical (unpaired) electrons. The number of hydrogen-bond donors (Lipinski definition) is 3. The first kappa shape index (κ1) is 24.0. The third-order valence-electron chi connectivity index (χ3n) is 4.82. The van der Waals surface area contributed by atoms with E-state index in [-0.39, 0.29) is 35.7 Å². The number of amides is 1. The number of carbonyl (C=O) groups excluding carboxylic acids is 1. The molecule has 10 heteroatoms. The zero-order chi connectivity index (χ0) is 23.8. The molecular weight excluding hydrogens is 450 g/mol. The van der Waals surface area contributed by atoms with Crippen LogP contribution in [0.1, 0.15) is 28.1 Å². The summed E-state index contributed by atoms with van der Waals surface area (Å²) >= 11 is 6.01. The number of aromatic nitrogens is 2. The number of carbonyl (C=O) groups is 1. The summed E-state index contributed by atoms with van der Waals surface area (Å²) in [6, 6.07) is 14.3. The van der Waals surface area contributed by atoms with Crippen molar-refractivity contribution in [2.24, 2.45) is 5.73 Å². The lowest BCUT2D eigenvalue weighted by molar-refractivity contribution is -0.120. The SMILES string of the molecule is N#Cc1ccc(NCC(F)(F)c2ccccn2)nc1CC(=O)NCc1cc(Cl)ccc1CN. The second-order valence-corrected chi connectivity index (χ2v) is 7.58. The van der Waals surface area contributed by atoms with Crippen LogP contribution in [0.15, 0.2) is 54.7 Å². The Bertz CT molecular complexity index is 1170. The number of benzene rings is 1. The lowest BCUT2D eigenvalue weighted by Crippen LogP contribution is -2.27. The Morgan fingerprint density at radius 1 is 1.18 bits per heavy atom. The number of nitrogens with one attached hydrogen (secondary N) is 2. The van der Waals surface area contributed by atoms with Crippen LogP contribution in [0, 0.1) is 11.3 Å². The van der Waals surface area contributed by atoms with Crippen molar-refractivity contribution in [1.82, 2.24) is 15.3 Å². The van der Waals surface area contributed by atoms with Gasteiger partial charge in [-0.2, -0.15) is 14.0 Å². The Morgan fingerprint density at radius 2 is 2.00 bits per heavy atom. The summed E-state index contributed by atoms with van der Waals surface area (Å²) in [4.78, 5) is 20.4. The van der Waals surface area contributed by atoms with Crippen molar-refractivity contribution >= 4 is 23.3 Å². The third kappa shape index (κ3) is 6.44. The largest absolute Gasteiger partial charge is 0.364 e. The number of halogens is 3. The van der Waals surface area contributed by atoms with Gasteiger partial charge in [-0.15, -0.1) is 0 Å². The van der Waals surface area contributed by atoms with Crippen LogP contribution in [0.5, 0.6) is 0 Å². The van der Waals surface area contributed by atoms with E-state index in [0.29, 0.717) is 11.6 Å². The van der Waals surface area contributed by atoms with Crippen molar-refractivity contribution in [1.29, 1.82) is 5.26 Å². The van der Waals surface area contributed by atoms with Crippen molar-refractivity contribution in [3.8, 4) is 6.07 Å². The van der Waals surface area contributed by atoms with E-state index in [9.17, 15) is 18.8 Å². The Kier molecular flexibility index (Phi) is 7.87. The molecule has 0 aliphatic carbocycles. The molecule has 7 nitrogen and oxygen atoms in total. The first-order valence-corrected chi connectivity index (χ1v) is 10.4. The average Bonchev–Trinajstić information content (AvgIpc) is 2.82. The highest BCUT2D eigenvalue weighted by atomic mass is 35.5. The zero-order valence-electron chi connectivity index (χ0n) is 17.5. The van der Waals surface area contributed by atoms with Crippen LogP contribution in [0.25, 0.3) is 0 Å². The number of alkyl halides is 2. The fourth-order valence-corrected chi connectivity index (χ4v) is 3.27. The fraction of sp³-hybridized carbons (Fsp3) is 0.217. The van der Waals surface area contributed by atoms with E-state index >= 15 is 0 Å². The van der Waals surface area contributed by atoms with E-state index in [1.54, 1.807) is 24.3 Å². The zero-order valence-corrected chi connectivity index (χ0v) is 18.2. The predicted molar refractivity (Wildman–Crippen MR) is 120 cm³/mol. The lowest BCUT2D eigenvalue weighted by Gasteiger charge is -2.17. The number of nitrogens with two attached hydrogens (primary N) is 1. The molecule has 170 valence electrons. The molecule has 0 saturated heterocycles. The quantitative estimate of drug-likeness (QED) is 0.440. The summed E-state index contributed by atoms with van der Waals surface area (Å²) < 4.78 is 28.7. The summed E-state index contributed by atoms with van der Waals surface area (Å²) in [7, 11) is 0. The number of hydrogen-bond acceptors (Lipinski definition) is 6. The van der Waals surface area contributed by atoms with Gasteiger partial charge in [0.1, 0.15) is 17.6 Å². The molecule has 3 rings (SSSR count). The molecule has 33 heavy (non-hydrogen) atoms. The normalized spacial score (nSPS) is 11.0. The standard InChI is InChI=1S/C23H21ClF2N6O/c24-18-6-4-15(11-27)17(9-18)13-30-22(33)10-19-16(12-28)5-7-21(32-19)31-14-23(25,26)20-3-1-2-8-29-20/h1-9H,10-11,13-14,27H2,(H,30,33)(H,31,32). The van der Waals surface area contributed by atoms with Gasteiger partial charge in [-0.25, -0.2) is 4.98 Å². The van der Waals surface area contributed by atoms with Crippen molar-refractivity contribution in [3.05, 3.63) is 87.8 Å². The Labute approximate surface area is 194 Å². The summed E-state index contributed by atoms with van der Waals surface area (Å²) in [5, 5.41) is 15.2. The second kappa shape index (κ2) is 10.8. The Morgan fingerprint density at radius 3 is 2.70 bits per heavy atom. The van der Waals surface area contributed by atoms with Crippen LogP contribution in [0.2, 0.25) is 5.02 Å². The highest BCUT2D eigenvalue weighted by molar-refractivity contribution is 6.30. The average molecular weight is 471 g/mol. The topological polar surface area (TPSA) is 117 Å². The molecule has 0 atom stereocenters. The van der Waals surface area contributed by atoms with Gasteiger partial charge in [-0.05, 0) is 47.5 Å². The van der Waals surface area contributed by atoms with E-state index in [1.807, 2.05) is 6.07 Å². The Hall–Kier alpha value is -3.61. The highest BCUT2D eigenvalue weighted by Gasteiger charge is 2.32. The van der Waals surface area contributed by atoms with Crippen molar-refractivity contribution < 1.29 is 13.6 Å². The minimum Gasteiger partial charge on any atom is -0.364 e. The first-order chi connectivity index (χ1) is 15.8. The van der Waals surface area contributed by atoms with E-state index in [4.69, 9.17) is 17.3 Å². The molecule has 3 aromatic rings. The van der Waals surface area contributed by atoms with Crippen molar-refractivity contribution in [2.75, 3.05) is 11.9 Å². The lowest BCUT2D eigenvalue weighted by atomic mass is 10.1. The van der Waals surface area contributed by atoms with Crippen LogP contribution < -0.4 is 16.4 Å². The molecule has 1 amide bonds. The van der Waals surface area contributed by atoms with Gasteiger partial charge in [0.15, 0.2) is 0 Å². The van der Waals surface area contributed by atoms with Crippen LogP contribution >= 0.6 is 11.6 Å². The number of pyridine rings is 2. The van der Waals surface area contributed by atoms with Crippen molar-refractivity contribution in [3.63, 3.8) is 0 Å². The maximum Gasteiger partial charge on any atom is 0.306 e. The van der Waals surface area contributed by atoms with Gasteiger partial charge in [0.05, 0.1) is 24.2 Å². The van der Waals surface area contributed by atoms with E-state index in [2.05, 4.69) is 20.6 Å². The molecule has 0 saturated carbocycles. The summed E-state index contributed by atoms with van der Waals surface area (Å²) in [6.07, 6.45) is 1.09.